The summed E-state index contributed by atoms with van der Waals surface area (Å²) in [4.78, 5) is 15.7. The lowest BCUT2D eigenvalue weighted by molar-refractivity contribution is 0.102. The van der Waals surface area contributed by atoms with E-state index in [9.17, 15) is 4.79 Å². The number of ketones is 1. The number of aromatic nitrogens is 3. The number of nitrogens with zero attached hydrogens (tertiary/aromatic N) is 2. The number of Topliss-reactive ketones (excluding diaryl/α,β-unsaturated/α-hetero) is 1. The Morgan fingerprint density at radius 2 is 2.00 bits per heavy atom. The topological polar surface area (TPSA) is 79.9 Å². The SMILES string of the molecule is COc1ccccc1Nc1nnc(SCC(=O)c2c[nH]c3ccccc23)s1. The monoisotopic (exact) mass is 396 g/mol. The summed E-state index contributed by atoms with van der Waals surface area (Å²) in [7, 11) is 1.62. The number of thioether (sulfide) groups is 1. The average Bonchev–Trinajstić information content (AvgIpc) is 3.33. The molecule has 0 aliphatic rings. The van der Waals surface area contributed by atoms with Crippen molar-refractivity contribution in [2.45, 2.75) is 4.34 Å². The summed E-state index contributed by atoms with van der Waals surface area (Å²) in [6.45, 7) is 0. The number of methoxy groups -OCH3 is 1. The highest BCUT2D eigenvalue weighted by molar-refractivity contribution is 8.01. The summed E-state index contributed by atoms with van der Waals surface area (Å²) in [5.74, 6) is 1.11. The first-order chi connectivity index (χ1) is 13.2. The summed E-state index contributed by atoms with van der Waals surface area (Å²) < 4.78 is 6.06. The number of carbonyl (C=O) groups is 1. The van der Waals surface area contributed by atoms with Crippen molar-refractivity contribution in [1.29, 1.82) is 0 Å². The van der Waals surface area contributed by atoms with Gasteiger partial charge < -0.3 is 15.0 Å². The first-order valence-electron chi connectivity index (χ1n) is 8.20. The predicted molar refractivity (Wildman–Crippen MR) is 110 cm³/mol. The second kappa shape index (κ2) is 7.81. The van der Waals surface area contributed by atoms with E-state index >= 15 is 0 Å². The summed E-state index contributed by atoms with van der Waals surface area (Å²) in [5.41, 5.74) is 2.49. The highest BCUT2D eigenvalue weighted by atomic mass is 32.2. The Kier molecular flexibility index (Phi) is 5.08. The Hall–Kier alpha value is -2.84. The summed E-state index contributed by atoms with van der Waals surface area (Å²) in [6.07, 6.45) is 1.77. The predicted octanol–water partition coefficient (Wildman–Crippen LogP) is 4.75. The summed E-state index contributed by atoms with van der Waals surface area (Å²) >= 11 is 2.79. The second-order valence-corrected chi connectivity index (χ2v) is 7.86. The molecule has 6 nitrogen and oxygen atoms in total. The van der Waals surface area contributed by atoms with E-state index in [1.54, 1.807) is 13.3 Å². The van der Waals surface area contributed by atoms with Gasteiger partial charge in [-0.25, -0.2) is 0 Å². The minimum atomic E-state index is 0.0619. The smallest absolute Gasteiger partial charge is 0.210 e. The number of carbonyl (C=O) groups excluding carboxylic acids is 1. The highest BCUT2D eigenvalue weighted by Crippen LogP contribution is 2.32. The Bertz CT molecular complexity index is 1090. The molecule has 0 spiro atoms. The Balaban J connectivity index is 1.41. The number of para-hydroxylation sites is 3. The van der Waals surface area contributed by atoms with Crippen LogP contribution in [0.2, 0.25) is 0 Å². The second-order valence-electron chi connectivity index (χ2n) is 5.66. The van der Waals surface area contributed by atoms with Crippen LogP contribution < -0.4 is 10.1 Å². The Labute approximate surface area is 164 Å². The minimum absolute atomic E-state index is 0.0619. The van der Waals surface area contributed by atoms with Crippen LogP contribution in [0.4, 0.5) is 10.8 Å². The number of hydrogen-bond donors (Lipinski definition) is 2. The fourth-order valence-electron chi connectivity index (χ4n) is 2.69. The van der Waals surface area contributed by atoms with Gasteiger partial charge in [-0.3, -0.25) is 4.79 Å². The van der Waals surface area contributed by atoms with E-state index in [0.29, 0.717) is 16.4 Å². The molecule has 0 saturated heterocycles. The van der Waals surface area contributed by atoms with E-state index in [0.717, 1.165) is 26.7 Å². The van der Waals surface area contributed by atoms with Crippen molar-refractivity contribution < 1.29 is 9.53 Å². The van der Waals surface area contributed by atoms with Gasteiger partial charge in [-0.05, 0) is 18.2 Å². The number of H-pyrrole nitrogens is 1. The molecule has 0 fully saturated rings. The maximum Gasteiger partial charge on any atom is 0.210 e. The molecule has 136 valence electrons. The molecule has 2 N–H and O–H groups in total. The van der Waals surface area contributed by atoms with Crippen molar-refractivity contribution >= 4 is 50.6 Å². The van der Waals surface area contributed by atoms with Gasteiger partial charge in [-0.2, -0.15) is 0 Å². The molecule has 0 atom stereocenters. The summed E-state index contributed by atoms with van der Waals surface area (Å²) in [6, 6.07) is 15.4. The number of benzene rings is 2. The molecule has 2 aromatic carbocycles. The van der Waals surface area contributed by atoms with Crippen molar-refractivity contribution in [2.75, 3.05) is 18.2 Å². The lowest BCUT2D eigenvalue weighted by Crippen LogP contribution is -2.01. The molecule has 4 rings (SSSR count). The van der Waals surface area contributed by atoms with Crippen LogP contribution in [0.1, 0.15) is 10.4 Å². The quantitative estimate of drug-likeness (QED) is 0.347. The lowest BCUT2D eigenvalue weighted by Gasteiger charge is -2.07. The van der Waals surface area contributed by atoms with Gasteiger partial charge in [0.05, 0.1) is 18.6 Å². The molecule has 0 aliphatic carbocycles. The largest absolute Gasteiger partial charge is 0.495 e. The molecule has 2 aromatic heterocycles. The molecule has 27 heavy (non-hydrogen) atoms. The zero-order valence-electron chi connectivity index (χ0n) is 14.4. The van der Waals surface area contributed by atoms with Gasteiger partial charge in [0.15, 0.2) is 10.1 Å². The molecule has 0 amide bonds. The normalized spacial score (nSPS) is 10.9. The third-order valence-corrected chi connectivity index (χ3v) is 5.94. The number of anilines is 2. The zero-order chi connectivity index (χ0) is 18.6. The van der Waals surface area contributed by atoms with Gasteiger partial charge in [-0.15, -0.1) is 10.2 Å². The zero-order valence-corrected chi connectivity index (χ0v) is 16.1. The summed E-state index contributed by atoms with van der Waals surface area (Å²) in [5, 5.41) is 13.1. The first kappa shape index (κ1) is 17.6. The number of aromatic amines is 1. The fourth-order valence-corrected chi connectivity index (χ4v) is 4.34. The molecule has 0 radical (unpaired) electrons. The Morgan fingerprint density at radius 1 is 1.19 bits per heavy atom. The van der Waals surface area contributed by atoms with Crippen LogP contribution >= 0.6 is 23.1 Å². The molecule has 8 heteroatoms. The average molecular weight is 396 g/mol. The van der Waals surface area contributed by atoms with Crippen LogP contribution in [-0.2, 0) is 0 Å². The molecular formula is C19H16N4O2S2. The van der Waals surface area contributed by atoms with E-state index in [1.165, 1.54) is 23.1 Å². The molecular weight excluding hydrogens is 380 g/mol. The van der Waals surface area contributed by atoms with Crippen LogP contribution in [0, 0.1) is 0 Å². The van der Waals surface area contributed by atoms with Crippen molar-refractivity contribution in [3.63, 3.8) is 0 Å². The van der Waals surface area contributed by atoms with Gasteiger partial charge in [-0.1, -0.05) is 53.4 Å². The van der Waals surface area contributed by atoms with Gasteiger partial charge >= 0.3 is 0 Å². The van der Waals surface area contributed by atoms with Gasteiger partial charge in [0.1, 0.15) is 5.75 Å². The van der Waals surface area contributed by atoms with Crippen LogP contribution in [0.15, 0.2) is 59.1 Å². The van der Waals surface area contributed by atoms with Gasteiger partial charge in [0.2, 0.25) is 5.13 Å². The molecule has 0 aliphatic heterocycles. The first-order valence-corrected chi connectivity index (χ1v) is 10.0. The van der Waals surface area contributed by atoms with E-state index in [2.05, 4.69) is 20.5 Å². The molecule has 0 saturated carbocycles. The molecule has 4 aromatic rings. The Morgan fingerprint density at radius 3 is 2.89 bits per heavy atom. The highest BCUT2D eigenvalue weighted by Gasteiger charge is 2.14. The van der Waals surface area contributed by atoms with Crippen LogP contribution in [0.3, 0.4) is 0 Å². The number of nitrogens with one attached hydrogen (secondary N) is 2. The minimum Gasteiger partial charge on any atom is -0.495 e. The molecule has 0 unspecified atom stereocenters. The fraction of sp³-hybridized carbons (Fsp3) is 0.105. The number of fused-ring (bicyclic) bond motifs is 1. The third kappa shape index (κ3) is 3.81. The van der Waals surface area contributed by atoms with Crippen LogP contribution in [0.25, 0.3) is 10.9 Å². The maximum atomic E-state index is 12.6. The van der Waals surface area contributed by atoms with Crippen molar-refractivity contribution in [1.82, 2.24) is 15.2 Å². The third-order valence-electron chi connectivity index (χ3n) is 3.97. The van der Waals surface area contributed by atoms with E-state index < -0.39 is 0 Å². The van der Waals surface area contributed by atoms with Crippen LogP contribution in [0.5, 0.6) is 5.75 Å². The van der Waals surface area contributed by atoms with Crippen molar-refractivity contribution in [2.24, 2.45) is 0 Å². The van der Waals surface area contributed by atoms with Crippen LogP contribution in [-0.4, -0.2) is 33.8 Å². The van der Waals surface area contributed by atoms with Crippen molar-refractivity contribution in [3.8, 4) is 5.75 Å². The molecule has 0 bridgehead atoms. The van der Waals surface area contributed by atoms with E-state index in [4.69, 9.17) is 4.74 Å². The number of ether oxygens (including phenoxy) is 1. The lowest BCUT2D eigenvalue weighted by atomic mass is 10.1. The van der Waals surface area contributed by atoms with Crippen molar-refractivity contribution in [3.05, 3.63) is 60.3 Å². The van der Waals surface area contributed by atoms with E-state index in [1.807, 2.05) is 48.5 Å². The standard InChI is InChI=1S/C19H16N4O2S2/c1-25-17-9-5-4-8-15(17)21-18-22-23-19(27-18)26-11-16(24)13-10-20-14-7-3-2-6-12(13)14/h2-10,20H,11H2,1H3,(H,21,22). The van der Waals surface area contributed by atoms with E-state index in [-0.39, 0.29) is 5.78 Å². The number of rotatable bonds is 7. The molecule has 2 heterocycles. The van der Waals surface area contributed by atoms with Gasteiger partial charge in [0, 0.05) is 22.7 Å². The number of hydrogen-bond acceptors (Lipinski definition) is 7. The maximum absolute atomic E-state index is 12.6. The van der Waals surface area contributed by atoms with Gasteiger partial charge in [0.25, 0.3) is 0 Å².